The van der Waals surface area contributed by atoms with Gasteiger partial charge in [0, 0.05) is 30.5 Å². The van der Waals surface area contributed by atoms with E-state index >= 15 is 0 Å². The molecule has 5 heteroatoms. The summed E-state index contributed by atoms with van der Waals surface area (Å²) in [6.45, 7) is 6.54. The normalized spacial score (nSPS) is 11.0. The van der Waals surface area contributed by atoms with E-state index in [-0.39, 0.29) is 24.5 Å². The van der Waals surface area contributed by atoms with Crippen LogP contribution in [0.2, 0.25) is 0 Å². The highest BCUT2D eigenvalue weighted by Gasteiger charge is 2.18. The van der Waals surface area contributed by atoms with Gasteiger partial charge in [-0.2, -0.15) is 0 Å². The fourth-order valence-electron chi connectivity index (χ4n) is 1.77. The maximum Gasteiger partial charge on any atom is 0.220 e. The number of nitrogens with one attached hydrogen (secondary N) is 1. The largest absolute Gasteiger partial charge is 0.494 e. The van der Waals surface area contributed by atoms with Crippen LogP contribution < -0.4 is 15.8 Å². The predicted octanol–water partition coefficient (Wildman–Crippen LogP) is 1.90. The van der Waals surface area contributed by atoms with Crippen LogP contribution in [0.4, 0.5) is 0 Å². The first-order valence-corrected chi connectivity index (χ1v) is 7.15. The number of benzene rings is 1. The number of amides is 1. The monoisotopic (exact) mass is 292 g/mol. The number of ether oxygens (including phenoxy) is 1. The molecule has 1 aromatic carbocycles. The molecule has 1 amide bonds. The van der Waals surface area contributed by atoms with E-state index in [0.29, 0.717) is 18.7 Å². The average Bonchev–Trinajstić information content (AvgIpc) is 2.45. The molecule has 5 nitrogen and oxygen atoms in total. The van der Waals surface area contributed by atoms with Gasteiger partial charge in [0.15, 0.2) is 5.78 Å². The second-order valence-electron chi connectivity index (χ2n) is 5.52. The minimum Gasteiger partial charge on any atom is -0.494 e. The fraction of sp³-hybridized carbons (Fsp3) is 0.500. The van der Waals surface area contributed by atoms with Gasteiger partial charge in [0.2, 0.25) is 5.91 Å². The molecule has 0 saturated carbocycles. The standard InChI is InChI=1S/C16H24N2O3/c1-4-21-13-7-5-12(6-8-13)14(19)9-10-15(20)18-16(2,3)11-17/h5-8H,4,9-11,17H2,1-3H3,(H,18,20). The number of carbonyl (C=O) groups excluding carboxylic acids is 2. The van der Waals surface area contributed by atoms with Crippen molar-refractivity contribution in [3.63, 3.8) is 0 Å². The van der Waals surface area contributed by atoms with Crippen LogP contribution in [0.3, 0.4) is 0 Å². The molecule has 0 unspecified atom stereocenters. The summed E-state index contributed by atoms with van der Waals surface area (Å²) >= 11 is 0. The van der Waals surface area contributed by atoms with Crippen LogP contribution in [-0.4, -0.2) is 30.4 Å². The van der Waals surface area contributed by atoms with Crippen molar-refractivity contribution >= 4 is 11.7 Å². The molecule has 0 aliphatic rings. The van der Waals surface area contributed by atoms with E-state index in [1.165, 1.54) is 0 Å². The summed E-state index contributed by atoms with van der Waals surface area (Å²) in [5.41, 5.74) is 5.69. The average molecular weight is 292 g/mol. The van der Waals surface area contributed by atoms with Crippen LogP contribution in [0.1, 0.15) is 44.0 Å². The molecular weight excluding hydrogens is 268 g/mol. The number of hydrogen-bond donors (Lipinski definition) is 2. The van der Waals surface area contributed by atoms with Crippen molar-refractivity contribution in [2.75, 3.05) is 13.2 Å². The number of hydrogen-bond acceptors (Lipinski definition) is 4. The lowest BCUT2D eigenvalue weighted by atomic mass is 10.0. The van der Waals surface area contributed by atoms with Crippen LogP contribution in [0, 0.1) is 0 Å². The van der Waals surface area contributed by atoms with Crippen LogP contribution in [0.15, 0.2) is 24.3 Å². The lowest BCUT2D eigenvalue weighted by Crippen LogP contribution is -2.48. The fourth-order valence-corrected chi connectivity index (χ4v) is 1.77. The molecule has 0 saturated heterocycles. The molecule has 116 valence electrons. The predicted molar refractivity (Wildman–Crippen MR) is 82.5 cm³/mol. The molecule has 0 fully saturated rings. The third kappa shape index (κ3) is 5.95. The Bertz CT molecular complexity index is 481. The first-order chi connectivity index (χ1) is 9.88. The third-order valence-corrected chi connectivity index (χ3v) is 3.05. The Balaban J connectivity index is 2.48. The number of nitrogens with two attached hydrogens (primary N) is 1. The van der Waals surface area contributed by atoms with Crippen LogP contribution >= 0.6 is 0 Å². The van der Waals surface area contributed by atoms with E-state index in [9.17, 15) is 9.59 Å². The van der Waals surface area contributed by atoms with Crippen LogP contribution in [0.5, 0.6) is 5.75 Å². The molecule has 0 atom stereocenters. The lowest BCUT2D eigenvalue weighted by Gasteiger charge is -2.24. The Kier molecular flexibility index (Phi) is 6.37. The molecular formula is C16H24N2O3. The molecule has 0 aliphatic carbocycles. The van der Waals surface area contributed by atoms with Crippen molar-refractivity contribution in [2.24, 2.45) is 5.73 Å². The van der Waals surface area contributed by atoms with E-state index in [0.717, 1.165) is 5.75 Å². The van der Waals surface area contributed by atoms with Gasteiger partial charge < -0.3 is 15.8 Å². The molecule has 0 bridgehead atoms. The number of Topliss-reactive ketones (excluding diaryl/α,β-unsaturated/α-hetero) is 1. The van der Waals surface area contributed by atoms with Gasteiger partial charge in [-0.25, -0.2) is 0 Å². The van der Waals surface area contributed by atoms with E-state index in [2.05, 4.69) is 5.32 Å². The number of rotatable bonds is 8. The van der Waals surface area contributed by atoms with Gasteiger partial charge in [-0.15, -0.1) is 0 Å². The van der Waals surface area contributed by atoms with Gasteiger partial charge in [0.1, 0.15) is 5.75 Å². The topological polar surface area (TPSA) is 81.4 Å². The molecule has 3 N–H and O–H groups in total. The van der Waals surface area contributed by atoms with E-state index < -0.39 is 5.54 Å². The summed E-state index contributed by atoms with van der Waals surface area (Å²) in [5.74, 6) is 0.514. The molecule has 0 aliphatic heterocycles. The van der Waals surface area contributed by atoms with Crippen LogP contribution in [0.25, 0.3) is 0 Å². The summed E-state index contributed by atoms with van der Waals surface area (Å²) in [7, 11) is 0. The number of carbonyl (C=O) groups is 2. The summed E-state index contributed by atoms with van der Waals surface area (Å²) in [5, 5.41) is 2.80. The van der Waals surface area contributed by atoms with Gasteiger partial charge in [0.25, 0.3) is 0 Å². The summed E-state index contributed by atoms with van der Waals surface area (Å²) in [4.78, 5) is 23.8. The van der Waals surface area contributed by atoms with Crippen molar-refractivity contribution < 1.29 is 14.3 Å². The maximum atomic E-state index is 12.0. The highest BCUT2D eigenvalue weighted by atomic mass is 16.5. The van der Waals surface area contributed by atoms with Crippen LogP contribution in [-0.2, 0) is 4.79 Å². The second-order valence-corrected chi connectivity index (χ2v) is 5.52. The molecule has 0 spiro atoms. The SMILES string of the molecule is CCOc1ccc(C(=O)CCC(=O)NC(C)(C)CN)cc1. The van der Waals surface area contributed by atoms with Gasteiger partial charge in [-0.1, -0.05) is 0 Å². The zero-order valence-electron chi connectivity index (χ0n) is 12.9. The number of ketones is 1. The molecule has 1 aromatic rings. The summed E-state index contributed by atoms with van der Waals surface area (Å²) in [6.07, 6.45) is 0.343. The Morgan fingerprint density at radius 3 is 2.33 bits per heavy atom. The molecule has 0 aromatic heterocycles. The first-order valence-electron chi connectivity index (χ1n) is 7.15. The first kappa shape index (κ1) is 17.2. The van der Waals surface area contributed by atoms with Crippen molar-refractivity contribution in [3.05, 3.63) is 29.8 Å². The van der Waals surface area contributed by atoms with Crippen molar-refractivity contribution in [1.29, 1.82) is 0 Å². The van der Waals surface area contributed by atoms with E-state index in [1.807, 2.05) is 20.8 Å². The van der Waals surface area contributed by atoms with Gasteiger partial charge in [-0.05, 0) is 45.0 Å². The van der Waals surface area contributed by atoms with Gasteiger partial charge in [0.05, 0.1) is 6.61 Å². The van der Waals surface area contributed by atoms with Gasteiger partial charge in [-0.3, -0.25) is 9.59 Å². The smallest absolute Gasteiger partial charge is 0.220 e. The molecule has 1 rings (SSSR count). The Morgan fingerprint density at radius 2 is 1.81 bits per heavy atom. The Labute approximate surface area is 125 Å². The molecule has 0 radical (unpaired) electrons. The quantitative estimate of drug-likeness (QED) is 0.717. The third-order valence-electron chi connectivity index (χ3n) is 3.05. The minimum atomic E-state index is -0.445. The minimum absolute atomic E-state index is 0.0567. The Hall–Kier alpha value is -1.88. The van der Waals surface area contributed by atoms with E-state index in [1.54, 1.807) is 24.3 Å². The van der Waals surface area contributed by atoms with Crippen molar-refractivity contribution in [2.45, 2.75) is 39.2 Å². The Morgan fingerprint density at radius 1 is 1.19 bits per heavy atom. The highest BCUT2D eigenvalue weighted by Crippen LogP contribution is 2.14. The lowest BCUT2D eigenvalue weighted by molar-refractivity contribution is -0.122. The second kappa shape index (κ2) is 7.78. The van der Waals surface area contributed by atoms with Crippen molar-refractivity contribution in [1.82, 2.24) is 5.32 Å². The summed E-state index contributed by atoms with van der Waals surface area (Å²) < 4.78 is 5.32. The van der Waals surface area contributed by atoms with E-state index in [4.69, 9.17) is 10.5 Å². The molecule has 0 heterocycles. The zero-order valence-corrected chi connectivity index (χ0v) is 12.9. The van der Waals surface area contributed by atoms with Crippen molar-refractivity contribution in [3.8, 4) is 5.75 Å². The summed E-state index contributed by atoms with van der Waals surface area (Å²) in [6, 6.07) is 6.95. The van der Waals surface area contributed by atoms with Gasteiger partial charge >= 0.3 is 0 Å². The maximum absolute atomic E-state index is 12.0. The zero-order chi connectivity index (χ0) is 15.9. The molecule has 21 heavy (non-hydrogen) atoms. The highest BCUT2D eigenvalue weighted by molar-refractivity contribution is 5.98.